The van der Waals surface area contributed by atoms with Gasteiger partial charge in [0, 0.05) is 65.3 Å². The average Bonchev–Trinajstić information content (AvgIpc) is 2.53. The number of rotatable bonds is 5. The van der Waals surface area contributed by atoms with Crippen molar-refractivity contribution in [2.45, 2.75) is 13.3 Å². The normalized spacial score (nSPS) is 22.1. The lowest BCUT2D eigenvalue weighted by molar-refractivity contribution is -0.135. The molecule has 2 fully saturated rings. The summed E-state index contributed by atoms with van der Waals surface area (Å²) >= 11 is 0. The quantitative estimate of drug-likeness (QED) is 0.627. The third kappa shape index (κ3) is 4.18. The Morgan fingerprint density at radius 2 is 1.55 bits per heavy atom. The zero-order chi connectivity index (χ0) is 14.4. The zero-order valence-corrected chi connectivity index (χ0v) is 12.5. The van der Waals surface area contributed by atoms with Crippen LogP contribution in [0, 0.1) is 0 Å². The van der Waals surface area contributed by atoms with Crippen LogP contribution in [0.1, 0.15) is 13.3 Å². The number of carbonyl (C=O) groups is 2. The number of amides is 2. The van der Waals surface area contributed by atoms with E-state index in [-0.39, 0.29) is 5.91 Å². The van der Waals surface area contributed by atoms with Crippen molar-refractivity contribution in [3.8, 4) is 0 Å². The van der Waals surface area contributed by atoms with Gasteiger partial charge in [-0.25, -0.2) is 0 Å². The van der Waals surface area contributed by atoms with Crippen molar-refractivity contribution < 1.29 is 9.59 Å². The number of carbonyl (C=O) groups excluding carboxylic acids is 2. The highest BCUT2D eigenvalue weighted by atomic mass is 16.2. The maximum Gasteiger partial charge on any atom is 0.223 e. The van der Waals surface area contributed by atoms with Gasteiger partial charge >= 0.3 is 0 Å². The lowest BCUT2D eigenvalue weighted by Crippen LogP contribution is -2.50. The van der Waals surface area contributed by atoms with E-state index in [9.17, 15) is 9.59 Å². The van der Waals surface area contributed by atoms with Gasteiger partial charge in [0.2, 0.25) is 12.3 Å². The SMILES string of the molecule is CCN1CCN(CCC(=O)N2CCN(C=O)CC2)CC1. The summed E-state index contributed by atoms with van der Waals surface area (Å²) in [6.45, 7) is 11.2. The molecule has 0 unspecified atom stereocenters. The molecule has 6 nitrogen and oxygen atoms in total. The zero-order valence-electron chi connectivity index (χ0n) is 12.5. The first kappa shape index (κ1) is 15.3. The fourth-order valence-corrected chi connectivity index (χ4v) is 2.82. The summed E-state index contributed by atoms with van der Waals surface area (Å²) in [4.78, 5) is 31.2. The highest BCUT2D eigenvalue weighted by molar-refractivity contribution is 5.76. The summed E-state index contributed by atoms with van der Waals surface area (Å²) in [5.74, 6) is 0.230. The number of nitrogens with zero attached hydrogens (tertiary/aromatic N) is 4. The molecule has 6 heteroatoms. The van der Waals surface area contributed by atoms with Gasteiger partial charge in [-0.05, 0) is 6.54 Å². The van der Waals surface area contributed by atoms with Crippen molar-refractivity contribution in [2.75, 3.05) is 65.4 Å². The number of hydrogen-bond donors (Lipinski definition) is 0. The van der Waals surface area contributed by atoms with E-state index < -0.39 is 0 Å². The molecule has 0 saturated carbocycles. The highest BCUT2D eigenvalue weighted by Gasteiger charge is 2.21. The molecule has 0 aromatic rings. The summed E-state index contributed by atoms with van der Waals surface area (Å²) in [5.41, 5.74) is 0. The number of likely N-dealkylation sites (N-methyl/N-ethyl adjacent to an activating group) is 1. The molecule has 2 aliphatic heterocycles. The highest BCUT2D eigenvalue weighted by Crippen LogP contribution is 2.05. The lowest BCUT2D eigenvalue weighted by atomic mass is 10.2. The molecule has 0 radical (unpaired) electrons. The predicted molar refractivity (Wildman–Crippen MR) is 77.4 cm³/mol. The van der Waals surface area contributed by atoms with E-state index >= 15 is 0 Å². The molecule has 0 N–H and O–H groups in total. The first-order chi connectivity index (χ1) is 9.72. The molecule has 20 heavy (non-hydrogen) atoms. The van der Waals surface area contributed by atoms with Crippen molar-refractivity contribution in [1.29, 1.82) is 0 Å². The minimum absolute atomic E-state index is 0.230. The van der Waals surface area contributed by atoms with E-state index in [1.807, 2.05) is 4.90 Å². The molecule has 2 rings (SSSR count). The molecule has 0 spiro atoms. The second-order valence-corrected chi connectivity index (χ2v) is 5.55. The molecule has 2 aliphatic rings. The minimum Gasteiger partial charge on any atom is -0.342 e. The van der Waals surface area contributed by atoms with Gasteiger partial charge in [0.25, 0.3) is 0 Å². The fraction of sp³-hybridized carbons (Fsp3) is 0.857. The first-order valence-corrected chi connectivity index (χ1v) is 7.64. The lowest BCUT2D eigenvalue weighted by Gasteiger charge is -2.35. The topological polar surface area (TPSA) is 47.1 Å². The van der Waals surface area contributed by atoms with Crippen molar-refractivity contribution >= 4 is 12.3 Å². The molecule has 114 valence electrons. The Hall–Kier alpha value is -1.14. The van der Waals surface area contributed by atoms with Crippen LogP contribution in [0.3, 0.4) is 0 Å². The van der Waals surface area contributed by atoms with Crippen LogP contribution in [0.25, 0.3) is 0 Å². The predicted octanol–water partition coefficient (Wildman–Crippen LogP) is -0.685. The van der Waals surface area contributed by atoms with Crippen LogP contribution in [0.2, 0.25) is 0 Å². The molecule has 2 amide bonds. The second-order valence-electron chi connectivity index (χ2n) is 5.55. The third-order valence-corrected chi connectivity index (χ3v) is 4.37. The van der Waals surface area contributed by atoms with Gasteiger partial charge in [-0.2, -0.15) is 0 Å². The fourth-order valence-electron chi connectivity index (χ4n) is 2.82. The van der Waals surface area contributed by atoms with Gasteiger partial charge in [-0.15, -0.1) is 0 Å². The van der Waals surface area contributed by atoms with Crippen molar-refractivity contribution in [1.82, 2.24) is 19.6 Å². The van der Waals surface area contributed by atoms with Gasteiger partial charge in [-0.3, -0.25) is 9.59 Å². The third-order valence-electron chi connectivity index (χ3n) is 4.37. The van der Waals surface area contributed by atoms with Crippen LogP contribution in [0.4, 0.5) is 0 Å². The van der Waals surface area contributed by atoms with Crippen molar-refractivity contribution in [3.63, 3.8) is 0 Å². The monoisotopic (exact) mass is 282 g/mol. The Labute approximate surface area is 121 Å². The molecule has 2 saturated heterocycles. The van der Waals surface area contributed by atoms with Crippen molar-refractivity contribution in [2.24, 2.45) is 0 Å². The largest absolute Gasteiger partial charge is 0.342 e. The van der Waals surface area contributed by atoms with Crippen LogP contribution in [0.5, 0.6) is 0 Å². The van der Waals surface area contributed by atoms with Gasteiger partial charge in [0.1, 0.15) is 0 Å². The number of piperazine rings is 2. The second kappa shape index (κ2) is 7.59. The van der Waals surface area contributed by atoms with Crippen LogP contribution in [0.15, 0.2) is 0 Å². The molecule has 0 aromatic carbocycles. The molecule has 0 bridgehead atoms. The Kier molecular flexibility index (Phi) is 5.79. The smallest absolute Gasteiger partial charge is 0.223 e. The molecule has 0 atom stereocenters. The first-order valence-electron chi connectivity index (χ1n) is 7.64. The van der Waals surface area contributed by atoms with E-state index in [1.165, 1.54) is 0 Å². The van der Waals surface area contributed by atoms with Crippen LogP contribution in [-0.2, 0) is 9.59 Å². The summed E-state index contributed by atoms with van der Waals surface area (Å²) in [7, 11) is 0. The van der Waals surface area contributed by atoms with E-state index in [0.717, 1.165) is 45.7 Å². The summed E-state index contributed by atoms with van der Waals surface area (Å²) in [6.07, 6.45) is 1.47. The van der Waals surface area contributed by atoms with Gasteiger partial charge in [0.05, 0.1) is 0 Å². The molecule has 2 heterocycles. The van der Waals surface area contributed by atoms with E-state index in [1.54, 1.807) is 4.90 Å². The maximum atomic E-state index is 12.1. The Bertz CT molecular complexity index is 321. The van der Waals surface area contributed by atoms with Crippen LogP contribution >= 0.6 is 0 Å². The average molecular weight is 282 g/mol. The molecular weight excluding hydrogens is 256 g/mol. The van der Waals surface area contributed by atoms with Crippen molar-refractivity contribution in [3.05, 3.63) is 0 Å². The summed E-state index contributed by atoms with van der Waals surface area (Å²) in [6, 6.07) is 0. The summed E-state index contributed by atoms with van der Waals surface area (Å²) < 4.78 is 0. The Balaban J connectivity index is 1.64. The minimum atomic E-state index is 0.230. The van der Waals surface area contributed by atoms with Crippen LogP contribution < -0.4 is 0 Å². The summed E-state index contributed by atoms with van der Waals surface area (Å²) in [5, 5.41) is 0. The number of hydrogen-bond acceptors (Lipinski definition) is 4. The van der Waals surface area contributed by atoms with Crippen LogP contribution in [-0.4, -0.2) is 97.4 Å². The molecule has 0 aromatic heterocycles. The van der Waals surface area contributed by atoms with Gasteiger partial charge in [0.15, 0.2) is 0 Å². The Morgan fingerprint density at radius 1 is 0.950 bits per heavy atom. The van der Waals surface area contributed by atoms with E-state index in [0.29, 0.717) is 32.6 Å². The molecule has 0 aliphatic carbocycles. The Morgan fingerprint density at radius 3 is 2.10 bits per heavy atom. The standard InChI is InChI=1S/C14H26N4O2/c1-2-15-5-7-16(8-6-15)4-3-14(20)18-11-9-17(13-19)10-12-18/h13H,2-12H2,1H3. The van der Waals surface area contributed by atoms with E-state index in [2.05, 4.69) is 16.7 Å². The molecular formula is C14H26N4O2. The maximum absolute atomic E-state index is 12.1. The van der Waals surface area contributed by atoms with Gasteiger partial charge < -0.3 is 19.6 Å². The van der Waals surface area contributed by atoms with Gasteiger partial charge in [-0.1, -0.05) is 6.92 Å². The van der Waals surface area contributed by atoms with E-state index in [4.69, 9.17) is 0 Å².